The molecule has 0 spiro atoms. The van der Waals surface area contributed by atoms with E-state index < -0.39 is 5.54 Å². The van der Waals surface area contributed by atoms with Gasteiger partial charge in [-0.15, -0.1) is 0 Å². The molecule has 0 saturated carbocycles. The van der Waals surface area contributed by atoms with Crippen molar-refractivity contribution < 1.29 is 4.79 Å². The van der Waals surface area contributed by atoms with Crippen LogP contribution in [-0.2, 0) is 10.3 Å². The number of carbonyl (C=O) groups excluding carboxylic acids is 1. The first-order chi connectivity index (χ1) is 13.2. The molecule has 2 heterocycles. The summed E-state index contributed by atoms with van der Waals surface area (Å²) in [5, 5.41) is 5.67. The van der Waals surface area contributed by atoms with Crippen molar-refractivity contribution in [2.24, 2.45) is 5.73 Å². The van der Waals surface area contributed by atoms with Crippen molar-refractivity contribution in [3.05, 3.63) is 60.7 Å². The fourth-order valence-electron chi connectivity index (χ4n) is 4.15. The fraction of sp³-hybridized carbons (Fsp3) is 0.333. The third-order valence-corrected chi connectivity index (χ3v) is 5.60. The summed E-state index contributed by atoms with van der Waals surface area (Å²) in [6, 6.07) is 14.5. The molecule has 27 heavy (non-hydrogen) atoms. The monoisotopic (exact) mass is 363 g/mol. The quantitative estimate of drug-likeness (QED) is 0.727. The third kappa shape index (κ3) is 2.91. The maximum Gasteiger partial charge on any atom is 0.245 e. The van der Waals surface area contributed by atoms with Crippen molar-refractivity contribution in [3.8, 4) is 5.69 Å². The van der Waals surface area contributed by atoms with Gasteiger partial charge in [0, 0.05) is 44.3 Å². The molecular weight excluding hydrogens is 338 g/mol. The van der Waals surface area contributed by atoms with Crippen LogP contribution in [0.15, 0.2) is 54.9 Å². The summed E-state index contributed by atoms with van der Waals surface area (Å²) >= 11 is 0. The second kappa shape index (κ2) is 7.13. The lowest BCUT2D eigenvalue weighted by molar-refractivity contribution is -0.132. The maximum atomic E-state index is 12.8. The second-order valence-electron chi connectivity index (χ2n) is 6.97. The Bertz CT molecular complexity index is 960. The molecule has 1 aromatic heterocycles. The van der Waals surface area contributed by atoms with E-state index in [2.05, 4.69) is 45.5 Å². The van der Waals surface area contributed by atoms with E-state index in [4.69, 9.17) is 5.73 Å². The van der Waals surface area contributed by atoms with Crippen molar-refractivity contribution in [3.63, 3.8) is 0 Å². The van der Waals surface area contributed by atoms with Gasteiger partial charge in [-0.25, -0.2) is 4.98 Å². The molecule has 0 bridgehead atoms. The molecule has 1 fully saturated rings. The molecule has 3 N–H and O–H groups in total. The number of hydrogen-bond donors (Lipinski definition) is 2. The molecule has 0 radical (unpaired) electrons. The van der Waals surface area contributed by atoms with Crippen molar-refractivity contribution in [2.45, 2.75) is 18.9 Å². The first kappa shape index (κ1) is 17.7. The molecule has 2 aromatic carbocycles. The van der Waals surface area contributed by atoms with Gasteiger partial charge in [-0.2, -0.15) is 0 Å². The minimum atomic E-state index is -0.919. The van der Waals surface area contributed by atoms with Gasteiger partial charge in [0.25, 0.3) is 0 Å². The molecule has 4 rings (SSSR count). The number of nitrogens with zero attached hydrogens (tertiary/aromatic N) is 3. The average Bonchev–Trinajstić information content (AvgIpc) is 3.19. The summed E-state index contributed by atoms with van der Waals surface area (Å²) < 4.78 is 2.00. The van der Waals surface area contributed by atoms with E-state index in [1.807, 2.05) is 29.8 Å². The molecule has 140 valence electrons. The summed E-state index contributed by atoms with van der Waals surface area (Å²) in [4.78, 5) is 19.5. The van der Waals surface area contributed by atoms with Crippen LogP contribution in [0.3, 0.4) is 0 Å². The number of amides is 1. The van der Waals surface area contributed by atoms with Gasteiger partial charge in [0.15, 0.2) is 5.54 Å². The Kier molecular flexibility index (Phi) is 4.68. The van der Waals surface area contributed by atoms with Gasteiger partial charge in [0.05, 0.1) is 0 Å². The highest BCUT2D eigenvalue weighted by atomic mass is 16.1. The molecule has 1 amide bonds. The van der Waals surface area contributed by atoms with Gasteiger partial charge < -0.3 is 15.6 Å². The molecule has 1 unspecified atom stereocenters. The van der Waals surface area contributed by atoms with Gasteiger partial charge in [-0.1, -0.05) is 37.3 Å². The standard InChI is InChI=1S/C21H25N5O/c1-2-21(19(22)27,25-12-9-23-10-13-25)20-24-11-14-26(20)18-8-7-16-5-3-4-6-17(16)15-18/h3-8,11,14-15,23H,2,9-10,12-13H2,1H3,(H2,22,27). The Labute approximate surface area is 159 Å². The number of aromatic nitrogens is 2. The minimum Gasteiger partial charge on any atom is -0.368 e. The Morgan fingerprint density at radius 1 is 1.19 bits per heavy atom. The lowest BCUT2D eigenvalue weighted by Crippen LogP contribution is -2.60. The number of carbonyl (C=O) groups is 1. The van der Waals surface area contributed by atoms with E-state index in [1.54, 1.807) is 6.20 Å². The van der Waals surface area contributed by atoms with Gasteiger partial charge in [0.2, 0.25) is 5.91 Å². The molecule has 1 saturated heterocycles. The zero-order valence-electron chi connectivity index (χ0n) is 15.6. The summed E-state index contributed by atoms with van der Waals surface area (Å²) in [5.41, 5.74) is 6.05. The van der Waals surface area contributed by atoms with E-state index in [0.717, 1.165) is 37.3 Å². The van der Waals surface area contributed by atoms with Crippen molar-refractivity contribution in [2.75, 3.05) is 26.2 Å². The number of fused-ring (bicyclic) bond motifs is 1. The lowest BCUT2D eigenvalue weighted by Gasteiger charge is -2.42. The predicted octanol–water partition coefficient (Wildman–Crippen LogP) is 2.02. The molecule has 0 aliphatic carbocycles. The Morgan fingerprint density at radius 2 is 1.93 bits per heavy atom. The number of piperazine rings is 1. The van der Waals surface area contributed by atoms with Crippen LogP contribution < -0.4 is 11.1 Å². The molecular formula is C21H25N5O. The van der Waals surface area contributed by atoms with Crippen molar-refractivity contribution >= 4 is 16.7 Å². The maximum absolute atomic E-state index is 12.8. The lowest BCUT2D eigenvalue weighted by atomic mass is 9.90. The fourth-order valence-corrected chi connectivity index (χ4v) is 4.15. The third-order valence-electron chi connectivity index (χ3n) is 5.60. The van der Waals surface area contributed by atoms with Gasteiger partial charge in [-0.05, 0) is 29.3 Å². The van der Waals surface area contributed by atoms with E-state index in [9.17, 15) is 4.79 Å². The predicted molar refractivity (Wildman–Crippen MR) is 107 cm³/mol. The van der Waals surface area contributed by atoms with E-state index in [1.165, 1.54) is 5.39 Å². The van der Waals surface area contributed by atoms with Crippen LogP contribution in [0, 0.1) is 0 Å². The zero-order chi connectivity index (χ0) is 18.9. The Balaban J connectivity index is 1.85. The van der Waals surface area contributed by atoms with Crippen LogP contribution >= 0.6 is 0 Å². The molecule has 3 aromatic rings. The highest BCUT2D eigenvalue weighted by Crippen LogP contribution is 2.33. The van der Waals surface area contributed by atoms with E-state index in [-0.39, 0.29) is 5.91 Å². The number of benzene rings is 2. The number of hydrogen-bond acceptors (Lipinski definition) is 4. The zero-order valence-corrected chi connectivity index (χ0v) is 15.6. The van der Waals surface area contributed by atoms with Crippen LogP contribution in [0.1, 0.15) is 19.2 Å². The van der Waals surface area contributed by atoms with Crippen molar-refractivity contribution in [1.29, 1.82) is 0 Å². The van der Waals surface area contributed by atoms with Crippen LogP contribution in [0.5, 0.6) is 0 Å². The van der Waals surface area contributed by atoms with Gasteiger partial charge in [-0.3, -0.25) is 9.69 Å². The van der Waals surface area contributed by atoms with Crippen molar-refractivity contribution in [1.82, 2.24) is 19.8 Å². The van der Waals surface area contributed by atoms with E-state index in [0.29, 0.717) is 12.2 Å². The summed E-state index contributed by atoms with van der Waals surface area (Å²) in [5.74, 6) is 0.342. The number of imidazole rings is 1. The van der Waals surface area contributed by atoms with Crippen LogP contribution in [-0.4, -0.2) is 46.5 Å². The minimum absolute atomic E-state index is 0.347. The summed E-state index contributed by atoms with van der Waals surface area (Å²) in [6.45, 7) is 5.21. The molecule has 6 heteroatoms. The highest BCUT2D eigenvalue weighted by Gasteiger charge is 2.46. The van der Waals surface area contributed by atoms with Gasteiger partial charge >= 0.3 is 0 Å². The highest BCUT2D eigenvalue weighted by molar-refractivity contribution is 5.86. The van der Waals surface area contributed by atoms with E-state index >= 15 is 0 Å². The smallest absolute Gasteiger partial charge is 0.245 e. The molecule has 1 aliphatic heterocycles. The molecule has 6 nitrogen and oxygen atoms in total. The Hall–Kier alpha value is -2.70. The average molecular weight is 363 g/mol. The number of nitrogens with two attached hydrogens (primary N) is 1. The summed E-state index contributed by atoms with van der Waals surface area (Å²) in [7, 11) is 0. The van der Waals surface area contributed by atoms with Crippen LogP contribution in [0.25, 0.3) is 16.5 Å². The van der Waals surface area contributed by atoms with Gasteiger partial charge in [0.1, 0.15) is 5.82 Å². The topological polar surface area (TPSA) is 76.2 Å². The second-order valence-corrected chi connectivity index (χ2v) is 6.97. The first-order valence-corrected chi connectivity index (χ1v) is 9.45. The van der Waals surface area contributed by atoms with Crippen LogP contribution in [0.4, 0.5) is 0 Å². The SMILES string of the molecule is CCC(C(N)=O)(c1nccn1-c1ccc2ccccc2c1)N1CCNCC1. The first-order valence-electron chi connectivity index (χ1n) is 9.45. The summed E-state index contributed by atoms with van der Waals surface area (Å²) in [6.07, 6.45) is 4.24. The normalized spacial score (nSPS) is 17.7. The molecule has 1 aliphatic rings. The number of primary amides is 1. The largest absolute Gasteiger partial charge is 0.368 e. The Morgan fingerprint density at radius 3 is 2.63 bits per heavy atom. The number of nitrogens with one attached hydrogen (secondary N) is 1. The number of rotatable bonds is 5. The van der Waals surface area contributed by atoms with Crippen LogP contribution in [0.2, 0.25) is 0 Å². The molecule has 1 atom stereocenters.